The van der Waals surface area contributed by atoms with Crippen molar-refractivity contribution in [2.45, 2.75) is 18.9 Å². The lowest BCUT2D eigenvalue weighted by atomic mass is 10.2. The molecule has 0 saturated carbocycles. The molecule has 2 rings (SSSR count). The molecule has 1 aliphatic rings. The second-order valence-electron chi connectivity index (χ2n) is 4.44. The third-order valence-electron chi connectivity index (χ3n) is 2.95. The largest absolute Gasteiger partial charge is 0.507 e. The molecule has 1 fully saturated rings. The maximum Gasteiger partial charge on any atom is 0.273 e. The molecule has 6 nitrogen and oxygen atoms in total. The normalized spacial score (nSPS) is 17.5. The van der Waals surface area contributed by atoms with Gasteiger partial charge in [0, 0.05) is 13.2 Å². The van der Waals surface area contributed by atoms with Gasteiger partial charge < -0.3 is 15.2 Å². The molecule has 4 N–H and O–H groups in total. The van der Waals surface area contributed by atoms with Crippen molar-refractivity contribution in [2.75, 3.05) is 13.2 Å². The fourth-order valence-electron chi connectivity index (χ4n) is 1.90. The van der Waals surface area contributed by atoms with E-state index in [9.17, 15) is 9.90 Å². The Balaban J connectivity index is 1.72. The van der Waals surface area contributed by atoms with Crippen molar-refractivity contribution in [2.24, 2.45) is 0 Å². The van der Waals surface area contributed by atoms with Gasteiger partial charge >= 0.3 is 0 Å². The number of hydrogen-bond donors (Lipinski definition) is 4. The monoisotopic (exact) mass is 295 g/mol. The van der Waals surface area contributed by atoms with E-state index in [-0.39, 0.29) is 17.4 Å². The Hall–Kier alpha value is -1.86. The van der Waals surface area contributed by atoms with Gasteiger partial charge in [0.05, 0.1) is 11.7 Å². The van der Waals surface area contributed by atoms with Crippen LogP contribution in [0.25, 0.3) is 0 Å². The lowest BCUT2D eigenvalue weighted by molar-refractivity contribution is 0.0940. The molecule has 0 spiro atoms. The maximum absolute atomic E-state index is 11.8. The molecule has 0 aliphatic carbocycles. The molecule has 0 unspecified atom stereocenters. The summed E-state index contributed by atoms with van der Waals surface area (Å²) in [4.78, 5) is 11.8. The number of nitrogens with one attached hydrogen (secondary N) is 3. The van der Waals surface area contributed by atoms with Gasteiger partial charge in [0.2, 0.25) is 0 Å². The Morgan fingerprint density at radius 1 is 1.40 bits per heavy atom. The average molecular weight is 295 g/mol. The molecular weight excluding hydrogens is 278 g/mol. The number of phenols is 1. The van der Waals surface area contributed by atoms with Crippen molar-refractivity contribution in [3.63, 3.8) is 0 Å². The molecule has 0 aromatic heterocycles. The van der Waals surface area contributed by atoms with Crippen LogP contribution in [0.15, 0.2) is 24.3 Å². The molecule has 0 radical (unpaired) electrons. The van der Waals surface area contributed by atoms with Crippen LogP contribution in [0.3, 0.4) is 0 Å². The molecular formula is C13H17N3O3S. The van der Waals surface area contributed by atoms with Crippen molar-refractivity contribution >= 4 is 23.2 Å². The summed E-state index contributed by atoms with van der Waals surface area (Å²) in [5.74, 6) is -0.533. The Morgan fingerprint density at radius 3 is 2.90 bits per heavy atom. The first-order chi connectivity index (χ1) is 9.66. The zero-order valence-electron chi connectivity index (χ0n) is 10.9. The Bertz CT molecular complexity index is 490. The molecule has 0 bridgehead atoms. The van der Waals surface area contributed by atoms with Crippen molar-refractivity contribution < 1.29 is 14.6 Å². The van der Waals surface area contributed by atoms with Crippen molar-refractivity contribution in [1.82, 2.24) is 16.2 Å². The van der Waals surface area contributed by atoms with Crippen LogP contribution in [0.4, 0.5) is 0 Å². The molecule has 1 saturated heterocycles. The van der Waals surface area contributed by atoms with E-state index >= 15 is 0 Å². The number of benzene rings is 1. The van der Waals surface area contributed by atoms with Crippen molar-refractivity contribution in [1.29, 1.82) is 0 Å². The smallest absolute Gasteiger partial charge is 0.273 e. The molecule has 1 heterocycles. The first-order valence-corrected chi connectivity index (χ1v) is 6.81. The summed E-state index contributed by atoms with van der Waals surface area (Å²) in [5.41, 5.74) is 5.19. The Labute approximate surface area is 122 Å². The summed E-state index contributed by atoms with van der Waals surface area (Å²) in [5, 5.41) is 12.8. The van der Waals surface area contributed by atoms with Gasteiger partial charge in [-0.2, -0.15) is 0 Å². The van der Waals surface area contributed by atoms with Crippen LogP contribution in [-0.4, -0.2) is 35.4 Å². The molecule has 1 amide bonds. The second kappa shape index (κ2) is 7.06. The molecule has 108 valence electrons. The highest BCUT2D eigenvalue weighted by Crippen LogP contribution is 2.14. The van der Waals surface area contributed by atoms with E-state index in [1.165, 1.54) is 12.1 Å². The third kappa shape index (κ3) is 4.07. The molecule has 1 aromatic carbocycles. The van der Waals surface area contributed by atoms with Crippen LogP contribution >= 0.6 is 12.2 Å². The standard InChI is InChI=1S/C13H17N3O3S/c17-11-6-2-1-5-10(11)12(18)15-16-13(20)14-8-9-4-3-7-19-9/h1-2,5-6,9,17H,3-4,7-8H2,(H,15,18)(H2,14,16,20)/t9-/m1/s1. The highest BCUT2D eigenvalue weighted by Gasteiger charge is 2.15. The van der Waals surface area contributed by atoms with Gasteiger partial charge in [0.25, 0.3) is 5.91 Å². The number of hydrazine groups is 1. The number of hydrogen-bond acceptors (Lipinski definition) is 4. The van der Waals surface area contributed by atoms with Crippen LogP contribution in [0.5, 0.6) is 5.75 Å². The van der Waals surface area contributed by atoms with E-state index in [1.54, 1.807) is 12.1 Å². The van der Waals surface area contributed by atoms with E-state index in [0.717, 1.165) is 19.4 Å². The first kappa shape index (κ1) is 14.5. The fourth-order valence-corrected chi connectivity index (χ4v) is 2.04. The first-order valence-electron chi connectivity index (χ1n) is 6.40. The summed E-state index contributed by atoms with van der Waals surface area (Å²) in [6, 6.07) is 6.29. The van der Waals surface area contributed by atoms with Gasteiger partial charge in [-0.15, -0.1) is 0 Å². The van der Waals surface area contributed by atoms with Crippen LogP contribution in [-0.2, 0) is 4.74 Å². The lowest BCUT2D eigenvalue weighted by Crippen LogP contribution is -2.48. The van der Waals surface area contributed by atoms with Crippen LogP contribution in [0.1, 0.15) is 23.2 Å². The quantitative estimate of drug-likeness (QED) is 0.485. The van der Waals surface area contributed by atoms with E-state index < -0.39 is 5.91 Å². The average Bonchev–Trinajstić information content (AvgIpc) is 2.96. The fraction of sp³-hybridized carbons (Fsp3) is 0.385. The maximum atomic E-state index is 11.8. The number of carbonyl (C=O) groups is 1. The van der Waals surface area contributed by atoms with E-state index in [0.29, 0.717) is 11.7 Å². The van der Waals surface area contributed by atoms with Gasteiger partial charge in [-0.25, -0.2) is 0 Å². The second-order valence-corrected chi connectivity index (χ2v) is 4.85. The number of amides is 1. The van der Waals surface area contributed by atoms with Gasteiger partial charge in [0.1, 0.15) is 5.75 Å². The lowest BCUT2D eigenvalue weighted by Gasteiger charge is -2.14. The van der Waals surface area contributed by atoms with E-state index in [1.807, 2.05) is 0 Å². The highest BCUT2D eigenvalue weighted by atomic mass is 32.1. The SMILES string of the molecule is O=C(NNC(=S)NC[C@H]1CCCO1)c1ccccc1O. The predicted molar refractivity (Wildman–Crippen MR) is 78.3 cm³/mol. The molecule has 1 aromatic rings. The number of para-hydroxylation sites is 1. The van der Waals surface area contributed by atoms with Gasteiger partial charge in [-0.1, -0.05) is 12.1 Å². The number of aromatic hydroxyl groups is 1. The summed E-state index contributed by atoms with van der Waals surface area (Å²) in [6.07, 6.45) is 2.25. The van der Waals surface area contributed by atoms with Gasteiger partial charge in [0.15, 0.2) is 5.11 Å². The van der Waals surface area contributed by atoms with Crippen LogP contribution in [0.2, 0.25) is 0 Å². The molecule has 7 heteroatoms. The minimum Gasteiger partial charge on any atom is -0.507 e. The molecule has 1 aliphatic heterocycles. The molecule has 20 heavy (non-hydrogen) atoms. The molecule has 1 atom stereocenters. The Morgan fingerprint density at radius 2 is 2.20 bits per heavy atom. The summed E-state index contributed by atoms with van der Waals surface area (Å²) in [6.45, 7) is 1.40. The minimum atomic E-state index is -0.454. The summed E-state index contributed by atoms with van der Waals surface area (Å²) < 4.78 is 5.44. The van der Waals surface area contributed by atoms with Crippen LogP contribution < -0.4 is 16.2 Å². The van der Waals surface area contributed by atoms with E-state index in [2.05, 4.69) is 16.2 Å². The van der Waals surface area contributed by atoms with Gasteiger partial charge in [-0.3, -0.25) is 15.6 Å². The minimum absolute atomic E-state index is 0.0787. The number of ether oxygens (including phenoxy) is 1. The number of rotatable bonds is 3. The summed E-state index contributed by atoms with van der Waals surface area (Å²) in [7, 11) is 0. The van der Waals surface area contributed by atoms with Crippen LogP contribution in [0, 0.1) is 0 Å². The summed E-state index contributed by atoms with van der Waals surface area (Å²) >= 11 is 5.03. The van der Waals surface area contributed by atoms with E-state index in [4.69, 9.17) is 17.0 Å². The van der Waals surface area contributed by atoms with Crippen molar-refractivity contribution in [3.05, 3.63) is 29.8 Å². The van der Waals surface area contributed by atoms with Crippen molar-refractivity contribution in [3.8, 4) is 5.75 Å². The highest BCUT2D eigenvalue weighted by molar-refractivity contribution is 7.80. The zero-order chi connectivity index (χ0) is 14.4. The topological polar surface area (TPSA) is 82.6 Å². The number of phenolic OH excluding ortho intramolecular Hbond substituents is 1. The third-order valence-corrected chi connectivity index (χ3v) is 3.20. The zero-order valence-corrected chi connectivity index (χ0v) is 11.7. The van der Waals surface area contributed by atoms with Gasteiger partial charge in [-0.05, 0) is 37.2 Å². The number of thiocarbonyl (C=S) groups is 1. The predicted octanol–water partition coefficient (Wildman–Crippen LogP) is 0.680. The number of carbonyl (C=O) groups excluding carboxylic acids is 1. The Kier molecular flexibility index (Phi) is 5.14.